The van der Waals surface area contributed by atoms with Crippen LogP contribution in [0, 0.1) is 0 Å². The molecule has 1 aromatic heterocycles. The van der Waals surface area contributed by atoms with Crippen LogP contribution in [0.2, 0.25) is 0 Å². The summed E-state index contributed by atoms with van der Waals surface area (Å²) in [5.74, 6) is 0.631. The van der Waals surface area contributed by atoms with Crippen LogP contribution < -0.4 is 15.4 Å². The lowest BCUT2D eigenvalue weighted by atomic mass is 10.2. The van der Waals surface area contributed by atoms with Gasteiger partial charge >= 0.3 is 5.76 Å². The van der Waals surface area contributed by atoms with Gasteiger partial charge in [0.15, 0.2) is 5.58 Å². The minimum absolute atomic E-state index is 0.265. The zero-order chi connectivity index (χ0) is 18.6. The summed E-state index contributed by atoms with van der Waals surface area (Å²) in [7, 11) is 1.70. The monoisotopic (exact) mass is 367 g/mol. The van der Waals surface area contributed by atoms with E-state index in [1.54, 1.807) is 11.7 Å². The van der Waals surface area contributed by atoms with Crippen LogP contribution in [0.5, 0.6) is 5.75 Å². The van der Waals surface area contributed by atoms with Crippen molar-refractivity contribution in [3.63, 3.8) is 0 Å². The highest BCUT2D eigenvalue weighted by atomic mass is 16.5. The van der Waals surface area contributed by atoms with E-state index in [1.807, 2.05) is 36.4 Å². The minimum Gasteiger partial charge on any atom is -0.497 e. The highest BCUT2D eigenvalue weighted by molar-refractivity contribution is 5.72. The Bertz CT molecular complexity index is 954. The van der Waals surface area contributed by atoms with Gasteiger partial charge in [0.05, 0.1) is 12.6 Å². The molecule has 0 aliphatic carbocycles. The number of anilines is 1. The maximum absolute atomic E-state index is 12.0. The van der Waals surface area contributed by atoms with Gasteiger partial charge in [0, 0.05) is 44.5 Å². The second-order valence-electron chi connectivity index (χ2n) is 6.87. The van der Waals surface area contributed by atoms with E-state index in [4.69, 9.17) is 9.15 Å². The molecule has 4 rings (SSSR count). The van der Waals surface area contributed by atoms with Crippen LogP contribution >= 0.6 is 0 Å². The molecule has 0 spiro atoms. The lowest BCUT2D eigenvalue weighted by Gasteiger charge is -2.36. The van der Waals surface area contributed by atoms with Gasteiger partial charge in [0.2, 0.25) is 0 Å². The van der Waals surface area contributed by atoms with Crippen LogP contribution in [-0.2, 0) is 6.54 Å². The van der Waals surface area contributed by atoms with Crippen molar-refractivity contribution >= 4 is 16.8 Å². The quantitative estimate of drug-likeness (QED) is 0.671. The smallest absolute Gasteiger partial charge is 0.419 e. The third kappa shape index (κ3) is 3.85. The Balaban J connectivity index is 1.29. The van der Waals surface area contributed by atoms with Gasteiger partial charge in [0.25, 0.3) is 0 Å². The third-order valence-electron chi connectivity index (χ3n) is 5.22. The fraction of sp³-hybridized carbons (Fsp3) is 0.381. The molecule has 0 N–H and O–H groups in total. The van der Waals surface area contributed by atoms with Crippen LogP contribution in [0.15, 0.2) is 57.7 Å². The van der Waals surface area contributed by atoms with Crippen molar-refractivity contribution in [1.82, 2.24) is 9.47 Å². The number of methoxy groups -OCH3 is 1. The summed E-state index contributed by atoms with van der Waals surface area (Å²) in [5, 5.41) is 0. The standard InChI is InChI=1S/C21H25N3O3/c1-26-18-7-4-6-17(16-18)23-14-12-22(13-15-23)10-5-11-24-19-8-2-3-9-20(19)27-21(24)25/h2-4,6-9,16H,5,10-15H2,1H3. The number of aryl methyl sites for hydroxylation is 1. The van der Waals surface area contributed by atoms with Gasteiger partial charge in [-0.25, -0.2) is 4.79 Å². The summed E-state index contributed by atoms with van der Waals surface area (Å²) in [6.07, 6.45) is 0.933. The van der Waals surface area contributed by atoms with Gasteiger partial charge in [-0.05, 0) is 37.2 Å². The molecule has 0 bridgehead atoms. The number of piperazine rings is 1. The molecule has 1 fully saturated rings. The van der Waals surface area contributed by atoms with Crippen LogP contribution in [0.25, 0.3) is 11.1 Å². The van der Waals surface area contributed by atoms with E-state index in [0.29, 0.717) is 12.1 Å². The molecule has 2 aromatic carbocycles. The van der Waals surface area contributed by atoms with E-state index in [0.717, 1.165) is 50.4 Å². The van der Waals surface area contributed by atoms with Gasteiger partial charge in [0.1, 0.15) is 5.75 Å². The molecule has 6 nitrogen and oxygen atoms in total. The van der Waals surface area contributed by atoms with Gasteiger partial charge in [-0.1, -0.05) is 18.2 Å². The Kier molecular flexibility index (Phi) is 5.16. The second kappa shape index (κ2) is 7.88. The third-order valence-corrected chi connectivity index (χ3v) is 5.22. The van der Waals surface area contributed by atoms with Crippen molar-refractivity contribution in [1.29, 1.82) is 0 Å². The van der Waals surface area contributed by atoms with E-state index >= 15 is 0 Å². The highest BCUT2D eigenvalue weighted by Gasteiger charge is 2.17. The molecule has 0 radical (unpaired) electrons. The Labute approximate surface area is 158 Å². The van der Waals surface area contributed by atoms with Crippen molar-refractivity contribution < 1.29 is 9.15 Å². The number of ether oxygens (including phenoxy) is 1. The predicted octanol–water partition coefficient (Wildman–Crippen LogP) is 2.82. The van der Waals surface area contributed by atoms with Crippen molar-refractivity contribution in [3.8, 4) is 5.75 Å². The number of aromatic nitrogens is 1. The molecule has 0 saturated carbocycles. The first-order valence-corrected chi connectivity index (χ1v) is 9.44. The summed E-state index contributed by atoms with van der Waals surface area (Å²) in [4.78, 5) is 16.9. The summed E-state index contributed by atoms with van der Waals surface area (Å²) in [5.41, 5.74) is 2.75. The number of rotatable bonds is 6. The molecule has 0 unspecified atom stereocenters. The number of oxazole rings is 1. The number of hydrogen-bond donors (Lipinski definition) is 0. The molecule has 142 valence electrons. The number of benzene rings is 2. The van der Waals surface area contributed by atoms with Crippen molar-refractivity contribution in [2.24, 2.45) is 0 Å². The molecule has 1 aliphatic rings. The SMILES string of the molecule is COc1cccc(N2CCN(CCCn3c(=O)oc4ccccc43)CC2)c1. The average Bonchev–Trinajstić information content (AvgIpc) is 3.04. The van der Waals surface area contributed by atoms with E-state index in [1.165, 1.54) is 5.69 Å². The average molecular weight is 367 g/mol. The molecule has 0 amide bonds. The van der Waals surface area contributed by atoms with Crippen molar-refractivity contribution in [2.45, 2.75) is 13.0 Å². The molecule has 6 heteroatoms. The van der Waals surface area contributed by atoms with E-state index in [2.05, 4.69) is 21.9 Å². The first-order chi connectivity index (χ1) is 13.2. The maximum atomic E-state index is 12.0. The fourth-order valence-corrected chi connectivity index (χ4v) is 3.71. The van der Waals surface area contributed by atoms with Crippen molar-refractivity contribution in [3.05, 3.63) is 59.1 Å². The Morgan fingerprint density at radius 2 is 1.81 bits per heavy atom. The first kappa shape index (κ1) is 17.7. The van der Waals surface area contributed by atoms with Crippen LogP contribution in [0.4, 0.5) is 5.69 Å². The minimum atomic E-state index is -0.265. The topological polar surface area (TPSA) is 50.9 Å². The summed E-state index contributed by atoms with van der Waals surface area (Å²) in [6, 6.07) is 15.8. The summed E-state index contributed by atoms with van der Waals surface area (Å²) in [6.45, 7) is 5.73. The molecular formula is C21H25N3O3. The molecule has 3 aromatic rings. The number of para-hydroxylation sites is 2. The Morgan fingerprint density at radius 3 is 2.63 bits per heavy atom. The van der Waals surface area contributed by atoms with Crippen LogP contribution in [-0.4, -0.2) is 49.3 Å². The maximum Gasteiger partial charge on any atom is 0.419 e. The van der Waals surface area contributed by atoms with Crippen LogP contribution in [0.1, 0.15) is 6.42 Å². The highest BCUT2D eigenvalue weighted by Crippen LogP contribution is 2.22. The Hall–Kier alpha value is -2.73. The molecule has 2 heterocycles. The van der Waals surface area contributed by atoms with Crippen molar-refractivity contribution in [2.75, 3.05) is 44.7 Å². The molecule has 1 aliphatic heterocycles. The fourth-order valence-electron chi connectivity index (χ4n) is 3.71. The second-order valence-corrected chi connectivity index (χ2v) is 6.87. The van der Waals surface area contributed by atoms with Gasteiger partial charge in [-0.3, -0.25) is 9.47 Å². The lowest BCUT2D eigenvalue weighted by molar-refractivity contribution is 0.250. The summed E-state index contributed by atoms with van der Waals surface area (Å²) >= 11 is 0. The molecule has 1 saturated heterocycles. The normalized spacial score (nSPS) is 15.4. The molecular weight excluding hydrogens is 342 g/mol. The number of fused-ring (bicyclic) bond motifs is 1. The largest absolute Gasteiger partial charge is 0.497 e. The summed E-state index contributed by atoms with van der Waals surface area (Å²) < 4.78 is 12.4. The van der Waals surface area contributed by atoms with E-state index in [-0.39, 0.29) is 5.76 Å². The zero-order valence-corrected chi connectivity index (χ0v) is 15.6. The molecule has 27 heavy (non-hydrogen) atoms. The lowest BCUT2D eigenvalue weighted by Crippen LogP contribution is -2.46. The zero-order valence-electron chi connectivity index (χ0n) is 15.6. The number of nitrogens with zero attached hydrogens (tertiary/aromatic N) is 3. The van der Waals surface area contributed by atoms with Gasteiger partial charge < -0.3 is 14.1 Å². The van der Waals surface area contributed by atoms with E-state index in [9.17, 15) is 4.79 Å². The first-order valence-electron chi connectivity index (χ1n) is 9.44. The van der Waals surface area contributed by atoms with Gasteiger partial charge in [-0.15, -0.1) is 0 Å². The number of hydrogen-bond acceptors (Lipinski definition) is 5. The van der Waals surface area contributed by atoms with E-state index < -0.39 is 0 Å². The van der Waals surface area contributed by atoms with Crippen LogP contribution in [0.3, 0.4) is 0 Å². The Morgan fingerprint density at radius 1 is 1.00 bits per heavy atom. The predicted molar refractivity (Wildman–Crippen MR) is 107 cm³/mol. The van der Waals surface area contributed by atoms with Gasteiger partial charge in [-0.2, -0.15) is 0 Å². The molecule has 0 atom stereocenters.